The predicted molar refractivity (Wildman–Crippen MR) is 46.3 cm³/mol. The first-order valence-corrected chi connectivity index (χ1v) is 3.58. The van der Waals surface area contributed by atoms with E-state index in [0.717, 1.165) is 0 Å². The maximum absolute atomic E-state index is 9.22. The smallest absolute Gasteiger partial charge is 0.0927 e. The molecule has 2 N–H and O–H groups in total. The Hall–Kier alpha value is -0.600. The van der Waals surface area contributed by atoms with Gasteiger partial charge in [0, 0.05) is 0 Å². The Labute approximate surface area is 67.9 Å². The Morgan fingerprint density at radius 3 is 2.27 bits per heavy atom. The first-order valence-electron chi connectivity index (χ1n) is 3.58. The molecule has 0 saturated heterocycles. The van der Waals surface area contributed by atoms with Crippen LogP contribution in [0, 0.1) is 0 Å². The van der Waals surface area contributed by atoms with Crippen LogP contribution in [0.15, 0.2) is 24.3 Å². The lowest BCUT2D eigenvalue weighted by Gasteiger charge is -2.11. The molecule has 64 valence electrons. The standard InChI is InChI=1S/C9H16O2/c1-7(2)8(10)5-6-9(3,4)11/h5-6,8,10-11H,1H2,2-4H3/b6-5+. The molecule has 0 amide bonds. The fourth-order valence-electron chi connectivity index (χ4n) is 0.491. The SMILES string of the molecule is C=C(C)C(O)/C=C/C(C)(C)O. The average Bonchev–Trinajstić information content (AvgIpc) is 1.80. The summed E-state index contributed by atoms with van der Waals surface area (Å²) < 4.78 is 0. The summed E-state index contributed by atoms with van der Waals surface area (Å²) in [6.07, 6.45) is 2.43. The summed E-state index contributed by atoms with van der Waals surface area (Å²) in [5.74, 6) is 0. The summed E-state index contributed by atoms with van der Waals surface area (Å²) in [6, 6.07) is 0. The van der Waals surface area contributed by atoms with E-state index in [4.69, 9.17) is 0 Å². The van der Waals surface area contributed by atoms with E-state index in [1.54, 1.807) is 26.8 Å². The van der Waals surface area contributed by atoms with E-state index in [1.165, 1.54) is 6.08 Å². The van der Waals surface area contributed by atoms with Crippen LogP contribution >= 0.6 is 0 Å². The summed E-state index contributed by atoms with van der Waals surface area (Å²) in [7, 11) is 0. The van der Waals surface area contributed by atoms with Gasteiger partial charge in [0.1, 0.15) is 0 Å². The molecule has 0 aromatic carbocycles. The van der Waals surface area contributed by atoms with Crippen molar-refractivity contribution in [3.63, 3.8) is 0 Å². The highest BCUT2D eigenvalue weighted by Crippen LogP contribution is 2.06. The molecule has 2 nitrogen and oxygen atoms in total. The second-order valence-corrected chi connectivity index (χ2v) is 3.30. The van der Waals surface area contributed by atoms with Gasteiger partial charge in [-0.2, -0.15) is 0 Å². The van der Waals surface area contributed by atoms with E-state index in [-0.39, 0.29) is 0 Å². The van der Waals surface area contributed by atoms with Crippen molar-refractivity contribution < 1.29 is 10.2 Å². The van der Waals surface area contributed by atoms with E-state index < -0.39 is 11.7 Å². The lowest BCUT2D eigenvalue weighted by atomic mass is 10.1. The fraction of sp³-hybridized carbons (Fsp3) is 0.556. The molecule has 0 aliphatic rings. The molecular weight excluding hydrogens is 140 g/mol. The van der Waals surface area contributed by atoms with E-state index >= 15 is 0 Å². The molecule has 0 saturated carbocycles. The van der Waals surface area contributed by atoms with E-state index in [9.17, 15) is 10.2 Å². The molecule has 2 heteroatoms. The molecule has 0 radical (unpaired) electrons. The monoisotopic (exact) mass is 156 g/mol. The number of aliphatic hydroxyl groups excluding tert-OH is 1. The highest BCUT2D eigenvalue weighted by atomic mass is 16.3. The zero-order valence-corrected chi connectivity index (χ0v) is 7.33. The van der Waals surface area contributed by atoms with E-state index in [0.29, 0.717) is 5.57 Å². The lowest BCUT2D eigenvalue weighted by Crippen LogP contribution is -2.15. The first kappa shape index (κ1) is 10.4. The third-order valence-electron chi connectivity index (χ3n) is 1.19. The van der Waals surface area contributed by atoms with Crippen LogP contribution in [0.5, 0.6) is 0 Å². The van der Waals surface area contributed by atoms with Crippen molar-refractivity contribution in [3.05, 3.63) is 24.3 Å². The van der Waals surface area contributed by atoms with Crippen LogP contribution in [0.25, 0.3) is 0 Å². The second kappa shape index (κ2) is 3.69. The highest BCUT2D eigenvalue weighted by molar-refractivity contribution is 5.10. The first-order chi connectivity index (χ1) is 4.83. The van der Waals surface area contributed by atoms with Crippen molar-refractivity contribution in [2.75, 3.05) is 0 Å². The molecule has 11 heavy (non-hydrogen) atoms. The van der Waals surface area contributed by atoms with Gasteiger partial charge in [-0.15, -0.1) is 0 Å². The van der Waals surface area contributed by atoms with Crippen LogP contribution < -0.4 is 0 Å². The molecule has 0 rings (SSSR count). The Bertz CT molecular complexity index is 163. The summed E-state index contributed by atoms with van der Waals surface area (Å²) in [5.41, 5.74) is -0.193. The minimum Gasteiger partial charge on any atom is -0.386 e. The van der Waals surface area contributed by atoms with Crippen molar-refractivity contribution in [1.29, 1.82) is 0 Å². The number of hydrogen-bond donors (Lipinski definition) is 2. The van der Waals surface area contributed by atoms with Gasteiger partial charge in [-0.25, -0.2) is 0 Å². The highest BCUT2D eigenvalue weighted by Gasteiger charge is 2.07. The van der Waals surface area contributed by atoms with Crippen LogP contribution in [0.3, 0.4) is 0 Å². The van der Waals surface area contributed by atoms with Crippen molar-refractivity contribution in [3.8, 4) is 0 Å². The van der Waals surface area contributed by atoms with Gasteiger partial charge in [0.2, 0.25) is 0 Å². The molecular formula is C9H16O2. The zero-order valence-electron chi connectivity index (χ0n) is 7.33. The van der Waals surface area contributed by atoms with Gasteiger partial charge in [0.15, 0.2) is 0 Å². The van der Waals surface area contributed by atoms with Crippen LogP contribution in [0.4, 0.5) is 0 Å². The summed E-state index contributed by atoms with van der Waals surface area (Å²) in [4.78, 5) is 0. The molecule has 0 aliphatic carbocycles. The predicted octanol–water partition coefficient (Wildman–Crippen LogP) is 1.25. The third-order valence-corrected chi connectivity index (χ3v) is 1.19. The van der Waals surface area contributed by atoms with Gasteiger partial charge in [-0.05, 0) is 26.3 Å². The van der Waals surface area contributed by atoms with E-state index in [2.05, 4.69) is 6.58 Å². The normalized spacial score (nSPS) is 15.4. The minimum absolute atomic E-state index is 0.651. The largest absolute Gasteiger partial charge is 0.386 e. The van der Waals surface area contributed by atoms with Gasteiger partial charge in [-0.3, -0.25) is 0 Å². The van der Waals surface area contributed by atoms with Crippen molar-refractivity contribution in [2.45, 2.75) is 32.5 Å². The van der Waals surface area contributed by atoms with Crippen molar-refractivity contribution >= 4 is 0 Å². The summed E-state index contributed by atoms with van der Waals surface area (Å²) in [6.45, 7) is 8.60. The molecule has 0 aromatic heterocycles. The van der Waals surface area contributed by atoms with Crippen molar-refractivity contribution in [2.24, 2.45) is 0 Å². The van der Waals surface area contributed by atoms with Crippen LogP contribution in [-0.4, -0.2) is 21.9 Å². The van der Waals surface area contributed by atoms with Crippen LogP contribution in [0.2, 0.25) is 0 Å². The quantitative estimate of drug-likeness (QED) is 0.604. The lowest BCUT2D eigenvalue weighted by molar-refractivity contribution is 0.131. The number of hydrogen-bond acceptors (Lipinski definition) is 2. The minimum atomic E-state index is -0.865. The van der Waals surface area contributed by atoms with Gasteiger partial charge in [-0.1, -0.05) is 18.7 Å². The Morgan fingerprint density at radius 1 is 1.55 bits per heavy atom. The fourth-order valence-corrected chi connectivity index (χ4v) is 0.491. The van der Waals surface area contributed by atoms with Gasteiger partial charge < -0.3 is 10.2 Å². The van der Waals surface area contributed by atoms with Crippen molar-refractivity contribution in [1.82, 2.24) is 0 Å². The molecule has 1 atom stereocenters. The van der Waals surface area contributed by atoms with Gasteiger partial charge in [0.25, 0.3) is 0 Å². The summed E-state index contributed by atoms with van der Waals surface area (Å²) in [5, 5.41) is 18.4. The number of rotatable bonds is 3. The van der Waals surface area contributed by atoms with Crippen LogP contribution in [0.1, 0.15) is 20.8 Å². The van der Waals surface area contributed by atoms with E-state index in [1.807, 2.05) is 0 Å². The Balaban J connectivity index is 4.04. The molecule has 0 aliphatic heterocycles. The Kier molecular flexibility index (Phi) is 3.49. The van der Waals surface area contributed by atoms with Crippen LogP contribution in [-0.2, 0) is 0 Å². The van der Waals surface area contributed by atoms with Gasteiger partial charge in [0.05, 0.1) is 11.7 Å². The maximum Gasteiger partial charge on any atom is 0.0927 e. The molecule has 0 heterocycles. The van der Waals surface area contributed by atoms with Gasteiger partial charge >= 0.3 is 0 Å². The third kappa shape index (κ3) is 5.83. The second-order valence-electron chi connectivity index (χ2n) is 3.30. The molecule has 0 spiro atoms. The Morgan fingerprint density at radius 2 is 2.00 bits per heavy atom. The summed E-state index contributed by atoms with van der Waals surface area (Å²) >= 11 is 0. The average molecular weight is 156 g/mol. The molecule has 0 bridgehead atoms. The molecule has 1 unspecified atom stereocenters. The maximum atomic E-state index is 9.22. The zero-order chi connectivity index (χ0) is 9.07. The molecule has 0 fully saturated rings. The molecule has 0 aromatic rings. The topological polar surface area (TPSA) is 40.5 Å². The number of aliphatic hydroxyl groups is 2.